The molecule has 4 aromatic rings. The molecule has 6 heteroatoms. The highest BCUT2D eigenvalue weighted by Gasteiger charge is 2.24. The van der Waals surface area contributed by atoms with Crippen LogP contribution >= 0.6 is 0 Å². The molecule has 0 unspecified atom stereocenters. The summed E-state index contributed by atoms with van der Waals surface area (Å²) >= 11 is 0. The first-order chi connectivity index (χ1) is 16.1. The van der Waals surface area contributed by atoms with Crippen LogP contribution in [0.4, 0.5) is 0 Å². The second-order valence-electron chi connectivity index (χ2n) is 8.63. The average molecular weight is 442 g/mol. The van der Waals surface area contributed by atoms with Crippen LogP contribution in [0.3, 0.4) is 0 Å². The first kappa shape index (κ1) is 21.1. The van der Waals surface area contributed by atoms with Crippen molar-refractivity contribution in [2.75, 3.05) is 0 Å². The van der Waals surface area contributed by atoms with E-state index >= 15 is 0 Å². The van der Waals surface area contributed by atoms with Crippen LogP contribution in [0, 0.1) is 0 Å². The van der Waals surface area contributed by atoms with Crippen molar-refractivity contribution in [1.82, 2.24) is 14.7 Å². The molecule has 0 aliphatic heterocycles. The van der Waals surface area contributed by atoms with Crippen molar-refractivity contribution in [2.45, 2.75) is 44.7 Å². The number of nitrogens with one attached hydrogen (secondary N) is 1. The number of fused-ring (bicyclic) bond motifs is 1. The van der Waals surface area contributed by atoms with Crippen LogP contribution in [0.15, 0.2) is 77.6 Å². The van der Waals surface area contributed by atoms with Crippen LogP contribution < -0.4 is 10.9 Å². The number of amides is 1. The van der Waals surface area contributed by atoms with Crippen LogP contribution in [-0.4, -0.2) is 20.4 Å². The van der Waals surface area contributed by atoms with Gasteiger partial charge in [-0.05, 0) is 49.2 Å². The van der Waals surface area contributed by atoms with Crippen molar-refractivity contribution in [3.05, 3.63) is 94.3 Å². The number of aromatic nitrogens is 2. The lowest BCUT2D eigenvalue weighted by Crippen LogP contribution is -2.25. The summed E-state index contributed by atoms with van der Waals surface area (Å²) in [7, 11) is 0. The third kappa shape index (κ3) is 4.04. The molecule has 1 heterocycles. The zero-order valence-electron chi connectivity index (χ0n) is 18.4. The molecule has 1 aliphatic carbocycles. The molecule has 2 N–H and O–H groups in total. The van der Waals surface area contributed by atoms with E-state index in [-0.39, 0.29) is 29.8 Å². The van der Waals surface area contributed by atoms with E-state index < -0.39 is 0 Å². The number of carbonyl (C=O) groups is 1. The normalized spacial score (nSPS) is 14.4. The van der Waals surface area contributed by atoms with Crippen LogP contribution in [-0.2, 0) is 6.54 Å². The van der Waals surface area contributed by atoms with Gasteiger partial charge in [0, 0.05) is 17.7 Å². The fourth-order valence-electron chi connectivity index (χ4n) is 4.80. The van der Waals surface area contributed by atoms with Gasteiger partial charge >= 0.3 is 0 Å². The Bertz CT molecular complexity index is 1350. The molecular formula is C27H27N3O3. The van der Waals surface area contributed by atoms with E-state index in [4.69, 9.17) is 0 Å². The maximum absolute atomic E-state index is 13.6. The number of phenols is 1. The lowest BCUT2D eigenvalue weighted by Gasteiger charge is -2.26. The Kier molecular flexibility index (Phi) is 5.73. The number of phenolic OH excluding ortho intramolecular Hbond substituents is 1. The second-order valence-corrected chi connectivity index (χ2v) is 8.63. The van der Waals surface area contributed by atoms with Gasteiger partial charge < -0.3 is 10.4 Å². The SMILES string of the molecule is O=C(NCc1ccccc1O)c1ccc2c(c1)c(=O)n(-c1ccccc1)n2C1CCCCC1. The molecule has 1 saturated carbocycles. The maximum atomic E-state index is 13.6. The summed E-state index contributed by atoms with van der Waals surface area (Å²) in [6, 6.07) is 22.2. The maximum Gasteiger partial charge on any atom is 0.279 e. The minimum absolute atomic E-state index is 0.114. The molecule has 1 fully saturated rings. The Morgan fingerprint density at radius 2 is 1.67 bits per heavy atom. The molecular weight excluding hydrogens is 414 g/mol. The molecule has 0 spiro atoms. The number of hydrogen-bond acceptors (Lipinski definition) is 3. The molecule has 168 valence electrons. The minimum Gasteiger partial charge on any atom is -0.508 e. The molecule has 1 aliphatic rings. The Labute approximate surface area is 192 Å². The van der Waals surface area contributed by atoms with Crippen molar-refractivity contribution in [3.8, 4) is 11.4 Å². The molecule has 1 amide bonds. The number of para-hydroxylation sites is 2. The summed E-state index contributed by atoms with van der Waals surface area (Å²) in [6.45, 7) is 0.209. The standard InChI is InChI=1S/C27H27N3O3/c31-25-14-8-7-9-20(25)18-28-26(32)19-15-16-24-23(17-19)27(33)30(22-12-5-2-6-13-22)29(24)21-10-3-1-4-11-21/h2,5-9,12-17,21,31H,1,3-4,10-11,18H2,(H,28,32). The van der Waals surface area contributed by atoms with E-state index in [1.807, 2.05) is 42.5 Å². The molecule has 33 heavy (non-hydrogen) atoms. The Morgan fingerprint density at radius 1 is 0.939 bits per heavy atom. The summed E-state index contributed by atoms with van der Waals surface area (Å²) < 4.78 is 3.90. The summed E-state index contributed by atoms with van der Waals surface area (Å²) in [5.41, 5.74) is 2.64. The van der Waals surface area contributed by atoms with Crippen LogP contribution in [0.1, 0.15) is 54.1 Å². The first-order valence-electron chi connectivity index (χ1n) is 11.5. The van der Waals surface area contributed by atoms with Gasteiger partial charge in [0.15, 0.2) is 0 Å². The van der Waals surface area contributed by atoms with E-state index in [1.54, 1.807) is 35.0 Å². The number of hydrogen-bond donors (Lipinski definition) is 2. The number of rotatable bonds is 5. The lowest BCUT2D eigenvalue weighted by atomic mass is 9.95. The fraction of sp³-hybridized carbons (Fsp3) is 0.259. The summed E-state index contributed by atoms with van der Waals surface area (Å²) in [5, 5.41) is 13.3. The molecule has 3 aromatic carbocycles. The molecule has 0 radical (unpaired) electrons. The zero-order valence-corrected chi connectivity index (χ0v) is 18.4. The van der Waals surface area contributed by atoms with Gasteiger partial charge in [0.05, 0.1) is 22.6 Å². The van der Waals surface area contributed by atoms with Gasteiger partial charge in [-0.15, -0.1) is 0 Å². The highest BCUT2D eigenvalue weighted by molar-refractivity contribution is 5.98. The number of nitrogens with zero attached hydrogens (tertiary/aromatic N) is 2. The molecule has 6 nitrogen and oxygen atoms in total. The monoisotopic (exact) mass is 441 g/mol. The van der Waals surface area contributed by atoms with Crippen molar-refractivity contribution < 1.29 is 9.90 Å². The van der Waals surface area contributed by atoms with Crippen LogP contribution in [0.2, 0.25) is 0 Å². The number of carbonyl (C=O) groups excluding carboxylic acids is 1. The lowest BCUT2D eigenvalue weighted by molar-refractivity contribution is 0.0951. The Balaban J connectivity index is 1.54. The highest BCUT2D eigenvalue weighted by atomic mass is 16.3. The largest absolute Gasteiger partial charge is 0.508 e. The number of benzene rings is 3. The van der Waals surface area contributed by atoms with Gasteiger partial charge in [0.2, 0.25) is 0 Å². The Hall–Kier alpha value is -3.80. The summed E-state index contributed by atoms with van der Waals surface area (Å²) in [5.74, 6) is -0.139. The molecule has 5 rings (SSSR count). The van der Waals surface area contributed by atoms with Crippen LogP contribution in [0.5, 0.6) is 5.75 Å². The quantitative estimate of drug-likeness (QED) is 0.461. The van der Waals surface area contributed by atoms with Gasteiger partial charge in [0.1, 0.15) is 5.75 Å². The third-order valence-electron chi connectivity index (χ3n) is 6.50. The number of aromatic hydroxyl groups is 1. The summed E-state index contributed by atoms with van der Waals surface area (Å²) in [6.07, 6.45) is 5.62. The predicted molar refractivity (Wildman–Crippen MR) is 129 cm³/mol. The minimum atomic E-state index is -0.281. The fourth-order valence-corrected chi connectivity index (χ4v) is 4.80. The second kappa shape index (κ2) is 8.98. The highest BCUT2D eigenvalue weighted by Crippen LogP contribution is 2.31. The van der Waals surface area contributed by atoms with Gasteiger partial charge in [-0.3, -0.25) is 14.3 Å². The van der Waals surface area contributed by atoms with Gasteiger partial charge in [-0.2, -0.15) is 0 Å². The van der Waals surface area contributed by atoms with Gasteiger partial charge in [-0.1, -0.05) is 55.7 Å². The third-order valence-corrected chi connectivity index (χ3v) is 6.50. The van der Waals surface area contributed by atoms with Crippen molar-refractivity contribution >= 4 is 16.8 Å². The van der Waals surface area contributed by atoms with E-state index in [0.29, 0.717) is 16.5 Å². The van der Waals surface area contributed by atoms with E-state index in [9.17, 15) is 14.7 Å². The van der Waals surface area contributed by atoms with Crippen molar-refractivity contribution in [2.24, 2.45) is 0 Å². The van der Waals surface area contributed by atoms with Crippen LogP contribution in [0.25, 0.3) is 16.6 Å². The van der Waals surface area contributed by atoms with E-state index in [2.05, 4.69) is 10.00 Å². The predicted octanol–water partition coefficient (Wildman–Crippen LogP) is 4.93. The van der Waals surface area contributed by atoms with E-state index in [0.717, 1.165) is 36.9 Å². The molecule has 1 aromatic heterocycles. The summed E-state index contributed by atoms with van der Waals surface area (Å²) in [4.78, 5) is 26.4. The topological polar surface area (TPSA) is 76.3 Å². The molecule has 0 atom stereocenters. The average Bonchev–Trinajstić information content (AvgIpc) is 3.16. The van der Waals surface area contributed by atoms with Gasteiger partial charge in [0.25, 0.3) is 11.5 Å². The van der Waals surface area contributed by atoms with Crippen molar-refractivity contribution in [1.29, 1.82) is 0 Å². The smallest absolute Gasteiger partial charge is 0.279 e. The molecule has 0 bridgehead atoms. The van der Waals surface area contributed by atoms with Crippen molar-refractivity contribution in [3.63, 3.8) is 0 Å². The van der Waals surface area contributed by atoms with Gasteiger partial charge in [-0.25, -0.2) is 4.68 Å². The van der Waals surface area contributed by atoms with E-state index in [1.165, 1.54) is 6.42 Å². The Morgan fingerprint density at radius 3 is 2.42 bits per heavy atom. The first-order valence-corrected chi connectivity index (χ1v) is 11.5. The molecule has 0 saturated heterocycles. The zero-order chi connectivity index (χ0) is 22.8.